The quantitative estimate of drug-likeness (QED) is 0.142. The zero-order chi connectivity index (χ0) is 26.2. The first kappa shape index (κ1) is 27.1. The summed E-state index contributed by atoms with van der Waals surface area (Å²) in [4.78, 5) is 33.3. The van der Waals surface area contributed by atoms with Crippen molar-refractivity contribution in [2.24, 2.45) is 0 Å². The molecule has 0 aliphatic carbocycles. The topological polar surface area (TPSA) is 123 Å². The van der Waals surface area contributed by atoms with Crippen LogP contribution in [0.5, 0.6) is 5.75 Å². The molecule has 0 atom stereocenters. The molecule has 0 unspecified atom stereocenters. The molecule has 0 aliphatic rings. The van der Waals surface area contributed by atoms with Crippen LogP contribution in [0.25, 0.3) is 10.9 Å². The molecule has 0 spiro atoms. The van der Waals surface area contributed by atoms with Gasteiger partial charge in [0.25, 0.3) is 0 Å². The molecule has 2 aromatic carbocycles. The molecule has 0 saturated carbocycles. The Labute approximate surface area is 214 Å². The Balaban J connectivity index is 1.74. The molecule has 36 heavy (non-hydrogen) atoms. The largest absolute Gasteiger partial charge is 0.485 e. The number of fused-ring (bicyclic) bond motifs is 1. The molecule has 3 aromatic rings. The number of benzene rings is 2. The van der Waals surface area contributed by atoms with Gasteiger partial charge in [-0.1, -0.05) is 13.8 Å². The van der Waals surface area contributed by atoms with E-state index in [2.05, 4.69) is 41.4 Å². The summed E-state index contributed by atoms with van der Waals surface area (Å²) in [5.74, 6) is -2.35. The number of nitro groups is 1. The van der Waals surface area contributed by atoms with E-state index in [4.69, 9.17) is 4.74 Å². The molecular formula is C23H25BrF2N6O4. The van der Waals surface area contributed by atoms with Gasteiger partial charge in [0.2, 0.25) is 5.91 Å². The van der Waals surface area contributed by atoms with Crippen molar-refractivity contribution >= 4 is 49.9 Å². The fraction of sp³-hybridized carbons (Fsp3) is 0.348. The van der Waals surface area contributed by atoms with Crippen molar-refractivity contribution in [3.63, 3.8) is 0 Å². The number of rotatable bonds is 12. The summed E-state index contributed by atoms with van der Waals surface area (Å²) in [6, 6.07) is 5.18. The summed E-state index contributed by atoms with van der Waals surface area (Å²) in [5.41, 5.74) is -0.277. The second kappa shape index (κ2) is 12.5. The number of nitrogens with one attached hydrogen (secondary N) is 2. The monoisotopic (exact) mass is 566 g/mol. The van der Waals surface area contributed by atoms with Gasteiger partial charge in [0, 0.05) is 25.1 Å². The zero-order valence-electron chi connectivity index (χ0n) is 19.7. The van der Waals surface area contributed by atoms with Gasteiger partial charge in [0.05, 0.1) is 32.5 Å². The van der Waals surface area contributed by atoms with Gasteiger partial charge in [-0.05, 0) is 41.2 Å². The lowest BCUT2D eigenvalue weighted by Gasteiger charge is -2.17. The first-order valence-electron chi connectivity index (χ1n) is 11.2. The molecule has 1 heterocycles. The number of anilines is 2. The van der Waals surface area contributed by atoms with Gasteiger partial charge >= 0.3 is 5.69 Å². The van der Waals surface area contributed by atoms with E-state index in [1.165, 1.54) is 30.6 Å². The Morgan fingerprint density at radius 3 is 2.64 bits per heavy atom. The van der Waals surface area contributed by atoms with Crippen molar-refractivity contribution in [3.8, 4) is 5.75 Å². The zero-order valence-corrected chi connectivity index (χ0v) is 21.3. The van der Waals surface area contributed by atoms with Crippen LogP contribution >= 0.6 is 15.9 Å². The summed E-state index contributed by atoms with van der Waals surface area (Å²) < 4.78 is 33.7. The Morgan fingerprint density at radius 1 is 1.19 bits per heavy atom. The Morgan fingerprint density at radius 2 is 1.94 bits per heavy atom. The number of nitro benzene ring substituents is 1. The third-order valence-corrected chi connectivity index (χ3v) is 6.04. The maximum Gasteiger partial charge on any atom is 0.311 e. The van der Waals surface area contributed by atoms with Crippen molar-refractivity contribution in [1.82, 2.24) is 20.2 Å². The number of hydrogen-bond acceptors (Lipinski definition) is 8. The van der Waals surface area contributed by atoms with Gasteiger partial charge < -0.3 is 20.3 Å². The van der Waals surface area contributed by atoms with Gasteiger partial charge in [0.1, 0.15) is 18.8 Å². The van der Waals surface area contributed by atoms with Crippen LogP contribution in [-0.2, 0) is 4.79 Å². The van der Waals surface area contributed by atoms with Crippen LogP contribution in [0.3, 0.4) is 0 Å². The van der Waals surface area contributed by atoms with Gasteiger partial charge in [0.15, 0.2) is 17.4 Å². The van der Waals surface area contributed by atoms with E-state index in [0.29, 0.717) is 13.0 Å². The molecule has 1 aromatic heterocycles. The third-order valence-electron chi connectivity index (χ3n) is 5.43. The summed E-state index contributed by atoms with van der Waals surface area (Å²) in [6.07, 6.45) is 1.52. The minimum absolute atomic E-state index is 0.00291. The van der Waals surface area contributed by atoms with Gasteiger partial charge in [-0.3, -0.25) is 14.9 Å². The van der Waals surface area contributed by atoms with Crippen molar-refractivity contribution in [2.75, 3.05) is 38.1 Å². The van der Waals surface area contributed by atoms with Gasteiger partial charge in [-0.2, -0.15) is 0 Å². The molecule has 0 aliphatic heterocycles. The molecule has 10 nitrogen and oxygen atoms in total. The molecule has 0 bridgehead atoms. The minimum Gasteiger partial charge on any atom is -0.485 e. The van der Waals surface area contributed by atoms with Crippen LogP contribution in [0, 0.1) is 21.7 Å². The highest BCUT2D eigenvalue weighted by molar-refractivity contribution is 9.10. The molecule has 192 valence electrons. The van der Waals surface area contributed by atoms with Crippen LogP contribution in [0.1, 0.15) is 20.3 Å². The van der Waals surface area contributed by atoms with Gasteiger partial charge in [-0.25, -0.2) is 18.7 Å². The molecular weight excluding hydrogens is 542 g/mol. The Kier molecular flexibility index (Phi) is 9.42. The predicted octanol–water partition coefficient (Wildman–Crippen LogP) is 4.55. The number of halogens is 3. The van der Waals surface area contributed by atoms with Crippen molar-refractivity contribution in [3.05, 3.63) is 56.8 Å². The van der Waals surface area contributed by atoms with E-state index >= 15 is 0 Å². The van der Waals surface area contributed by atoms with Crippen molar-refractivity contribution in [2.45, 2.75) is 20.3 Å². The van der Waals surface area contributed by atoms with Crippen molar-refractivity contribution < 1.29 is 23.2 Å². The average molecular weight is 567 g/mol. The molecule has 1 amide bonds. The third kappa shape index (κ3) is 6.61. The number of nitrogens with zero attached hydrogens (tertiary/aromatic N) is 4. The highest BCUT2D eigenvalue weighted by atomic mass is 79.9. The summed E-state index contributed by atoms with van der Waals surface area (Å²) in [6.45, 7) is 6.56. The average Bonchev–Trinajstić information content (AvgIpc) is 2.87. The number of ether oxygens (including phenoxy) is 1. The summed E-state index contributed by atoms with van der Waals surface area (Å²) >= 11 is 2.91. The number of carbonyl (C=O) groups excluding carboxylic acids is 1. The van der Waals surface area contributed by atoms with E-state index in [9.17, 15) is 23.7 Å². The van der Waals surface area contributed by atoms with Crippen LogP contribution in [0.15, 0.2) is 35.1 Å². The van der Waals surface area contributed by atoms with E-state index in [0.717, 1.165) is 13.1 Å². The number of carbonyl (C=O) groups is 1. The maximum absolute atomic E-state index is 14.3. The molecule has 0 fully saturated rings. The van der Waals surface area contributed by atoms with E-state index in [1.807, 2.05) is 13.8 Å². The van der Waals surface area contributed by atoms with Crippen LogP contribution < -0.4 is 15.4 Å². The molecule has 13 heteroatoms. The molecule has 2 N–H and O–H groups in total. The second-order valence-electron chi connectivity index (χ2n) is 7.64. The Hall–Kier alpha value is -3.45. The summed E-state index contributed by atoms with van der Waals surface area (Å²) in [5, 5.41) is 17.3. The van der Waals surface area contributed by atoms with Crippen LogP contribution in [-0.4, -0.2) is 58.5 Å². The van der Waals surface area contributed by atoms with Crippen LogP contribution in [0.2, 0.25) is 0 Å². The standard InChI is InChI=1S/C23H25BrF2N6O4/c1-3-31(4-2)9-7-20(33)27-8-10-36-19-12-17-14(11-18(19)32(34)35)23(29-13-28-17)30-16-6-5-15(24)21(25)22(16)26/h5-6,11-13H,3-4,7-10H2,1-2H3,(H,27,33)(H,28,29,30). The lowest BCUT2D eigenvalue weighted by molar-refractivity contribution is -0.385. The SMILES string of the molecule is CCN(CC)CCC(=O)NCCOc1cc2ncnc(Nc3ccc(Br)c(F)c3F)c2cc1[N+](=O)[O-]. The molecule has 3 rings (SSSR count). The molecule has 0 saturated heterocycles. The van der Waals surface area contributed by atoms with Gasteiger partial charge in [-0.15, -0.1) is 0 Å². The number of hydrogen-bond donors (Lipinski definition) is 2. The van der Waals surface area contributed by atoms with E-state index in [-0.39, 0.29) is 57.4 Å². The van der Waals surface area contributed by atoms with E-state index < -0.39 is 16.6 Å². The predicted molar refractivity (Wildman–Crippen MR) is 134 cm³/mol. The van der Waals surface area contributed by atoms with Crippen molar-refractivity contribution in [1.29, 1.82) is 0 Å². The van der Waals surface area contributed by atoms with Crippen LogP contribution in [0.4, 0.5) is 26.0 Å². The molecule has 0 radical (unpaired) electrons. The number of aromatic nitrogens is 2. The minimum atomic E-state index is -1.13. The number of amides is 1. The first-order chi connectivity index (χ1) is 17.2. The second-order valence-corrected chi connectivity index (χ2v) is 8.49. The first-order valence-corrected chi connectivity index (χ1v) is 12.0. The Bertz CT molecular complexity index is 1260. The highest BCUT2D eigenvalue weighted by Crippen LogP contribution is 2.35. The fourth-order valence-electron chi connectivity index (χ4n) is 3.42. The maximum atomic E-state index is 14.3. The normalized spacial score (nSPS) is 11.1. The highest BCUT2D eigenvalue weighted by Gasteiger charge is 2.20. The lowest BCUT2D eigenvalue weighted by Crippen LogP contribution is -2.32. The van der Waals surface area contributed by atoms with E-state index in [1.54, 1.807) is 0 Å². The lowest BCUT2D eigenvalue weighted by atomic mass is 10.2. The smallest absolute Gasteiger partial charge is 0.311 e. The fourth-order valence-corrected chi connectivity index (χ4v) is 3.73. The summed E-state index contributed by atoms with van der Waals surface area (Å²) in [7, 11) is 0.